The quantitative estimate of drug-likeness (QED) is 0.409. The minimum absolute atomic E-state index is 0.606. The highest BCUT2D eigenvalue weighted by molar-refractivity contribution is 4.90. The van der Waals surface area contributed by atoms with Gasteiger partial charge in [0.25, 0.3) is 0 Å². The van der Waals surface area contributed by atoms with Crippen LogP contribution in [0.25, 0.3) is 0 Å². The summed E-state index contributed by atoms with van der Waals surface area (Å²) in [6.07, 6.45) is 12.7. The molecule has 1 nitrogen and oxygen atoms in total. The number of hydrogen-bond donors (Lipinski definition) is 1. The molecule has 0 fully saturated rings. The number of aliphatic hydroxyl groups excluding tert-OH is 1. The molecule has 1 heteroatoms. The van der Waals surface area contributed by atoms with Crippen LogP contribution in [-0.4, -0.2) is 5.11 Å². The van der Waals surface area contributed by atoms with Crippen LogP contribution in [0.5, 0.6) is 0 Å². The van der Waals surface area contributed by atoms with Gasteiger partial charge in [-0.3, -0.25) is 0 Å². The fourth-order valence-electron chi connectivity index (χ4n) is 1.50. The molecule has 0 aliphatic carbocycles. The summed E-state index contributed by atoms with van der Waals surface area (Å²) >= 11 is 0. The minimum atomic E-state index is 0.606. The van der Waals surface area contributed by atoms with Crippen molar-refractivity contribution in [2.24, 2.45) is 0 Å². The lowest BCUT2D eigenvalue weighted by Crippen LogP contribution is -1.83. The van der Waals surface area contributed by atoms with Gasteiger partial charge in [0.1, 0.15) is 0 Å². The molecular formula is C13H26O. The van der Waals surface area contributed by atoms with E-state index in [4.69, 9.17) is 0 Å². The molecule has 1 N–H and O–H groups in total. The van der Waals surface area contributed by atoms with Crippen LogP contribution in [0.1, 0.15) is 71.6 Å². The molecule has 0 saturated carbocycles. The molecule has 0 aromatic heterocycles. The Labute approximate surface area is 89.2 Å². The summed E-state index contributed by atoms with van der Waals surface area (Å²) in [7, 11) is 0. The van der Waals surface area contributed by atoms with Gasteiger partial charge < -0.3 is 5.11 Å². The second-order valence-electron chi connectivity index (χ2n) is 4.00. The van der Waals surface area contributed by atoms with E-state index in [2.05, 4.69) is 13.8 Å². The molecule has 0 aliphatic heterocycles. The largest absolute Gasteiger partial charge is 0.513 e. The lowest BCUT2D eigenvalue weighted by Gasteiger charge is -1.99. The molecular weight excluding hydrogens is 172 g/mol. The van der Waals surface area contributed by atoms with Crippen LogP contribution >= 0.6 is 0 Å². The maximum Gasteiger partial charge on any atom is 0.0882 e. The normalized spacial score (nSPS) is 12.0. The fraction of sp³-hybridized carbons (Fsp3) is 0.846. The molecule has 0 saturated heterocycles. The third-order valence-electron chi connectivity index (χ3n) is 2.47. The van der Waals surface area contributed by atoms with Crippen LogP contribution in [0.15, 0.2) is 11.8 Å². The monoisotopic (exact) mass is 198 g/mol. The predicted molar refractivity (Wildman–Crippen MR) is 63.6 cm³/mol. The Hall–Kier alpha value is -0.460. The highest BCUT2D eigenvalue weighted by atomic mass is 16.3. The van der Waals surface area contributed by atoms with Crippen molar-refractivity contribution >= 4 is 0 Å². The van der Waals surface area contributed by atoms with Crippen LogP contribution in [0.3, 0.4) is 0 Å². The van der Waals surface area contributed by atoms with Gasteiger partial charge in [0.15, 0.2) is 0 Å². The summed E-state index contributed by atoms with van der Waals surface area (Å²) in [6.45, 7) is 4.41. The van der Waals surface area contributed by atoms with Crippen LogP contribution in [0.2, 0.25) is 0 Å². The predicted octanol–water partition coefficient (Wildman–Crippen LogP) is 4.98. The van der Waals surface area contributed by atoms with E-state index in [9.17, 15) is 5.11 Å². The number of unbranched alkanes of at least 4 members (excludes halogenated alkanes) is 6. The fourth-order valence-corrected chi connectivity index (χ4v) is 1.50. The number of allylic oxidation sites excluding steroid dienone is 2. The molecule has 0 heterocycles. The van der Waals surface area contributed by atoms with Gasteiger partial charge in [0, 0.05) is 6.42 Å². The van der Waals surface area contributed by atoms with Gasteiger partial charge in [-0.25, -0.2) is 0 Å². The highest BCUT2D eigenvalue weighted by Gasteiger charge is 1.93. The second kappa shape index (κ2) is 10.6. The van der Waals surface area contributed by atoms with Gasteiger partial charge in [0.2, 0.25) is 0 Å². The van der Waals surface area contributed by atoms with Crippen molar-refractivity contribution in [2.45, 2.75) is 71.6 Å². The van der Waals surface area contributed by atoms with Crippen molar-refractivity contribution in [3.8, 4) is 0 Å². The first-order valence-electron chi connectivity index (χ1n) is 6.19. The van der Waals surface area contributed by atoms with Gasteiger partial charge in [-0.1, -0.05) is 46.0 Å². The molecule has 0 aromatic carbocycles. The van der Waals surface area contributed by atoms with E-state index in [1.165, 1.54) is 38.5 Å². The summed E-state index contributed by atoms with van der Waals surface area (Å²) in [5.41, 5.74) is 0. The van der Waals surface area contributed by atoms with Crippen LogP contribution < -0.4 is 0 Å². The summed E-state index contributed by atoms with van der Waals surface area (Å²) in [5, 5.41) is 9.49. The Balaban J connectivity index is 3.27. The first kappa shape index (κ1) is 13.5. The minimum Gasteiger partial charge on any atom is -0.513 e. The molecule has 0 aliphatic rings. The SMILES string of the molecule is CCCCCCC=C(O)CCCCC. The Bertz CT molecular complexity index is 138. The second-order valence-corrected chi connectivity index (χ2v) is 4.00. The van der Waals surface area contributed by atoms with Crippen molar-refractivity contribution < 1.29 is 5.11 Å². The molecule has 0 aromatic rings. The molecule has 0 unspecified atom stereocenters. The average Bonchev–Trinajstić information content (AvgIpc) is 2.18. The Morgan fingerprint density at radius 2 is 1.57 bits per heavy atom. The van der Waals surface area contributed by atoms with E-state index in [-0.39, 0.29) is 0 Å². The van der Waals surface area contributed by atoms with Crippen molar-refractivity contribution in [3.63, 3.8) is 0 Å². The zero-order chi connectivity index (χ0) is 10.6. The number of aliphatic hydroxyl groups is 1. The molecule has 0 rings (SSSR count). The summed E-state index contributed by atoms with van der Waals surface area (Å²) in [4.78, 5) is 0. The van der Waals surface area contributed by atoms with Crippen LogP contribution in [0.4, 0.5) is 0 Å². The summed E-state index contributed by atoms with van der Waals surface area (Å²) in [5.74, 6) is 0.606. The molecule has 0 radical (unpaired) electrons. The summed E-state index contributed by atoms with van der Waals surface area (Å²) < 4.78 is 0. The van der Waals surface area contributed by atoms with Crippen molar-refractivity contribution in [2.75, 3.05) is 0 Å². The van der Waals surface area contributed by atoms with Gasteiger partial charge in [-0.15, -0.1) is 0 Å². The maximum atomic E-state index is 9.49. The van der Waals surface area contributed by atoms with E-state index >= 15 is 0 Å². The van der Waals surface area contributed by atoms with Gasteiger partial charge in [-0.2, -0.15) is 0 Å². The summed E-state index contributed by atoms with van der Waals surface area (Å²) in [6, 6.07) is 0. The van der Waals surface area contributed by atoms with E-state index in [0.717, 1.165) is 19.3 Å². The van der Waals surface area contributed by atoms with Crippen molar-refractivity contribution in [1.29, 1.82) is 0 Å². The third-order valence-corrected chi connectivity index (χ3v) is 2.47. The Morgan fingerprint density at radius 1 is 0.929 bits per heavy atom. The van der Waals surface area contributed by atoms with Crippen LogP contribution in [0, 0.1) is 0 Å². The Morgan fingerprint density at radius 3 is 2.21 bits per heavy atom. The standard InChI is InChI=1S/C13H26O/c1-3-5-7-8-10-12-13(14)11-9-6-4-2/h12,14H,3-11H2,1-2H3. The molecule has 0 amide bonds. The Kier molecular flexibility index (Phi) is 10.3. The van der Waals surface area contributed by atoms with E-state index in [1.54, 1.807) is 0 Å². The maximum absolute atomic E-state index is 9.49. The average molecular weight is 198 g/mol. The molecule has 0 spiro atoms. The lowest BCUT2D eigenvalue weighted by atomic mass is 10.1. The number of rotatable bonds is 9. The van der Waals surface area contributed by atoms with Crippen molar-refractivity contribution in [3.05, 3.63) is 11.8 Å². The topological polar surface area (TPSA) is 20.2 Å². The third kappa shape index (κ3) is 9.63. The van der Waals surface area contributed by atoms with E-state index < -0.39 is 0 Å². The molecule has 14 heavy (non-hydrogen) atoms. The van der Waals surface area contributed by atoms with Gasteiger partial charge >= 0.3 is 0 Å². The first-order chi connectivity index (χ1) is 6.81. The van der Waals surface area contributed by atoms with Crippen molar-refractivity contribution in [1.82, 2.24) is 0 Å². The van der Waals surface area contributed by atoms with Crippen LogP contribution in [-0.2, 0) is 0 Å². The molecule has 0 bridgehead atoms. The molecule has 0 atom stereocenters. The zero-order valence-corrected chi connectivity index (χ0v) is 9.89. The van der Waals surface area contributed by atoms with Gasteiger partial charge in [-0.05, 0) is 25.3 Å². The molecule has 84 valence electrons. The smallest absolute Gasteiger partial charge is 0.0882 e. The van der Waals surface area contributed by atoms with E-state index in [1.807, 2.05) is 6.08 Å². The first-order valence-corrected chi connectivity index (χ1v) is 6.19. The van der Waals surface area contributed by atoms with Gasteiger partial charge in [0.05, 0.1) is 5.76 Å². The van der Waals surface area contributed by atoms with E-state index in [0.29, 0.717) is 5.76 Å². The lowest BCUT2D eigenvalue weighted by molar-refractivity contribution is 0.378. The zero-order valence-electron chi connectivity index (χ0n) is 9.89. The highest BCUT2D eigenvalue weighted by Crippen LogP contribution is 2.09. The number of hydrogen-bond acceptors (Lipinski definition) is 1.